The summed E-state index contributed by atoms with van der Waals surface area (Å²) >= 11 is 0. The minimum absolute atomic E-state index is 0.271. The number of rotatable bonds is 5. The van der Waals surface area contributed by atoms with Crippen LogP contribution in [0.25, 0.3) is 5.65 Å². The van der Waals surface area contributed by atoms with E-state index in [9.17, 15) is 0 Å². The van der Waals surface area contributed by atoms with Crippen molar-refractivity contribution in [1.82, 2.24) is 14.4 Å². The van der Waals surface area contributed by atoms with Gasteiger partial charge in [0, 0.05) is 25.5 Å². The van der Waals surface area contributed by atoms with Gasteiger partial charge in [0.15, 0.2) is 11.5 Å². The Kier molecular flexibility index (Phi) is 3.73. The summed E-state index contributed by atoms with van der Waals surface area (Å²) in [5.41, 5.74) is 2.15. The van der Waals surface area contributed by atoms with E-state index < -0.39 is 0 Å². The Morgan fingerprint density at radius 3 is 2.81 bits per heavy atom. The van der Waals surface area contributed by atoms with Gasteiger partial charge in [-0.2, -0.15) is 0 Å². The molecule has 1 unspecified atom stereocenters. The molecule has 108 valence electrons. The van der Waals surface area contributed by atoms with E-state index in [0.29, 0.717) is 0 Å². The van der Waals surface area contributed by atoms with Crippen molar-refractivity contribution in [3.05, 3.63) is 54.5 Å². The summed E-state index contributed by atoms with van der Waals surface area (Å²) in [6, 6.07) is 10.7. The number of anilines is 2. The van der Waals surface area contributed by atoms with Crippen molar-refractivity contribution in [1.29, 1.82) is 0 Å². The topological polar surface area (TPSA) is 54.2 Å². The zero-order chi connectivity index (χ0) is 14.7. The van der Waals surface area contributed by atoms with Gasteiger partial charge >= 0.3 is 0 Å². The second-order valence-electron chi connectivity index (χ2n) is 5.12. The number of benzene rings is 1. The number of imidazole rings is 1. The van der Waals surface area contributed by atoms with Crippen molar-refractivity contribution >= 4 is 17.3 Å². The van der Waals surface area contributed by atoms with Crippen LogP contribution < -0.4 is 10.6 Å². The average molecular weight is 281 g/mol. The maximum atomic E-state index is 4.57. The van der Waals surface area contributed by atoms with Crippen LogP contribution in [0, 0.1) is 0 Å². The van der Waals surface area contributed by atoms with Crippen molar-refractivity contribution < 1.29 is 0 Å². The van der Waals surface area contributed by atoms with E-state index in [0.717, 1.165) is 23.7 Å². The molecule has 0 spiro atoms. The van der Waals surface area contributed by atoms with Crippen LogP contribution in [0.3, 0.4) is 0 Å². The predicted octanol–water partition coefficient (Wildman–Crippen LogP) is 2.81. The Balaban J connectivity index is 1.82. The van der Waals surface area contributed by atoms with Crippen LogP contribution in [0.1, 0.15) is 12.5 Å². The molecule has 0 aliphatic carbocycles. The van der Waals surface area contributed by atoms with Crippen LogP contribution in [0.2, 0.25) is 0 Å². The van der Waals surface area contributed by atoms with E-state index >= 15 is 0 Å². The summed E-state index contributed by atoms with van der Waals surface area (Å²) < 4.78 is 1.97. The van der Waals surface area contributed by atoms with Crippen LogP contribution in [0.15, 0.2) is 48.9 Å². The summed E-state index contributed by atoms with van der Waals surface area (Å²) in [5.74, 6) is 1.62. The highest BCUT2D eigenvalue weighted by molar-refractivity contribution is 5.65. The van der Waals surface area contributed by atoms with Gasteiger partial charge in [-0.1, -0.05) is 30.3 Å². The largest absolute Gasteiger partial charge is 0.372 e. The molecule has 5 nitrogen and oxygen atoms in total. The van der Waals surface area contributed by atoms with Crippen LogP contribution >= 0.6 is 0 Å². The van der Waals surface area contributed by atoms with Crippen molar-refractivity contribution in [3.63, 3.8) is 0 Å². The first-order chi connectivity index (χ1) is 10.3. The molecule has 0 bridgehead atoms. The maximum absolute atomic E-state index is 4.57. The first-order valence-corrected chi connectivity index (χ1v) is 7.08. The van der Waals surface area contributed by atoms with Gasteiger partial charge in [0.05, 0.1) is 6.20 Å². The fourth-order valence-electron chi connectivity index (χ4n) is 2.40. The molecule has 2 aromatic heterocycles. The third-order valence-electron chi connectivity index (χ3n) is 3.40. The fourth-order valence-corrected chi connectivity index (χ4v) is 2.40. The van der Waals surface area contributed by atoms with Gasteiger partial charge in [0.25, 0.3) is 0 Å². The average Bonchev–Trinajstić information content (AvgIpc) is 2.96. The molecular formula is C16H19N5. The summed E-state index contributed by atoms with van der Waals surface area (Å²) in [4.78, 5) is 8.93. The monoisotopic (exact) mass is 281 g/mol. The van der Waals surface area contributed by atoms with E-state index in [1.807, 2.05) is 29.9 Å². The molecule has 2 N–H and O–H groups in total. The predicted molar refractivity (Wildman–Crippen MR) is 85.8 cm³/mol. The molecule has 0 saturated carbocycles. The molecule has 5 heteroatoms. The zero-order valence-electron chi connectivity index (χ0n) is 12.2. The molecule has 1 aromatic carbocycles. The number of hydrogen-bond acceptors (Lipinski definition) is 4. The summed E-state index contributed by atoms with van der Waals surface area (Å²) in [5, 5.41) is 6.53. The minimum atomic E-state index is 0.271. The smallest absolute Gasteiger partial charge is 0.180 e. The van der Waals surface area contributed by atoms with Gasteiger partial charge in [-0.05, 0) is 18.9 Å². The van der Waals surface area contributed by atoms with Crippen LogP contribution in [-0.2, 0) is 6.42 Å². The lowest BCUT2D eigenvalue weighted by Gasteiger charge is -2.16. The lowest BCUT2D eigenvalue weighted by molar-refractivity contribution is 0.784. The second-order valence-corrected chi connectivity index (χ2v) is 5.12. The third kappa shape index (κ3) is 2.97. The second kappa shape index (κ2) is 5.83. The SMILES string of the molecule is CNc1cn2ccnc2c(NC(C)Cc2ccccc2)n1. The lowest BCUT2D eigenvalue weighted by atomic mass is 10.1. The Labute approximate surface area is 124 Å². The molecule has 0 radical (unpaired) electrons. The van der Waals surface area contributed by atoms with E-state index in [2.05, 4.69) is 51.8 Å². The standard InChI is InChI=1S/C16H19N5/c1-12(10-13-6-4-3-5-7-13)19-15-16-18-8-9-21(16)11-14(17-2)20-15/h3-9,11-12,17H,10H2,1-2H3,(H,19,20). The zero-order valence-corrected chi connectivity index (χ0v) is 12.2. The molecule has 0 fully saturated rings. The number of nitrogens with one attached hydrogen (secondary N) is 2. The fraction of sp³-hybridized carbons (Fsp3) is 0.250. The Hall–Kier alpha value is -2.56. The van der Waals surface area contributed by atoms with Crippen molar-refractivity contribution in [2.45, 2.75) is 19.4 Å². The van der Waals surface area contributed by atoms with E-state index in [1.165, 1.54) is 5.56 Å². The van der Waals surface area contributed by atoms with Gasteiger partial charge in [-0.25, -0.2) is 9.97 Å². The molecule has 0 saturated heterocycles. The third-order valence-corrected chi connectivity index (χ3v) is 3.40. The Bertz CT molecular complexity index is 720. The highest BCUT2D eigenvalue weighted by Crippen LogP contribution is 2.17. The highest BCUT2D eigenvalue weighted by Gasteiger charge is 2.10. The van der Waals surface area contributed by atoms with Crippen molar-refractivity contribution in [3.8, 4) is 0 Å². The highest BCUT2D eigenvalue weighted by atomic mass is 15.1. The van der Waals surface area contributed by atoms with Gasteiger partial charge in [0.2, 0.25) is 0 Å². The summed E-state index contributed by atoms with van der Waals surface area (Å²) in [7, 11) is 1.86. The molecule has 1 atom stereocenters. The maximum Gasteiger partial charge on any atom is 0.180 e. The quantitative estimate of drug-likeness (QED) is 0.755. The van der Waals surface area contributed by atoms with Gasteiger partial charge in [-0.15, -0.1) is 0 Å². The summed E-state index contributed by atoms with van der Waals surface area (Å²) in [6.07, 6.45) is 6.57. The first kappa shape index (κ1) is 13.4. The van der Waals surface area contributed by atoms with Gasteiger partial charge in [-0.3, -0.25) is 0 Å². The van der Waals surface area contributed by atoms with Crippen LogP contribution in [-0.4, -0.2) is 27.5 Å². The molecule has 0 amide bonds. The van der Waals surface area contributed by atoms with Gasteiger partial charge < -0.3 is 15.0 Å². The Morgan fingerprint density at radius 2 is 2.05 bits per heavy atom. The van der Waals surface area contributed by atoms with Crippen LogP contribution in [0.4, 0.5) is 11.6 Å². The molecule has 3 aromatic rings. The van der Waals surface area contributed by atoms with Crippen molar-refractivity contribution in [2.75, 3.05) is 17.7 Å². The number of fused-ring (bicyclic) bond motifs is 1. The molecule has 21 heavy (non-hydrogen) atoms. The normalized spacial score (nSPS) is 12.3. The number of aromatic nitrogens is 3. The minimum Gasteiger partial charge on any atom is -0.372 e. The molecule has 0 aliphatic rings. The summed E-state index contributed by atoms with van der Waals surface area (Å²) in [6.45, 7) is 2.15. The van der Waals surface area contributed by atoms with E-state index in [1.54, 1.807) is 6.20 Å². The Morgan fingerprint density at radius 1 is 1.24 bits per heavy atom. The molecule has 3 rings (SSSR count). The van der Waals surface area contributed by atoms with Crippen LogP contribution in [0.5, 0.6) is 0 Å². The molecule has 0 aliphatic heterocycles. The van der Waals surface area contributed by atoms with E-state index in [4.69, 9.17) is 0 Å². The molecular weight excluding hydrogens is 262 g/mol. The lowest BCUT2D eigenvalue weighted by Crippen LogP contribution is -2.20. The number of hydrogen-bond donors (Lipinski definition) is 2. The van der Waals surface area contributed by atoms with E-state index in [-0.39, 0.29) is 6.04 Å². The molecule has 2 heterocycles. The first-order valence-electron chi connectivity index (χ1n) is 7.08. The van der Waals surface area contributed by atoms with Crippen molar-refractivity contribution in [2.24, 2.45) is 0 Å². The van der Waals surface area contributed by atoms with Gasteiger partial charge in [0.1, 0.15) is 5.82 Å². The number of nitrogens with zero attached hydrogens (tertiary/aromatic N) is 3.